The Morgan fingerprint density at radius 1 is 0.692 bits per heavy atom. The quantitative estimate of drug-likeness (QED) is 0.341. The summed E-state index contributed by atoms with van der Waals surface area (Å²) in [6.45, 7) is -0.971. The van der Waals surface area contributed by atoms with E-state index in [1.165, 1.54) is 4.90 Å². The van der Waals surface area contributed by atoms with E-state index in [9.17, 15) is 29.7 Å². The summed E-state index contributed by atoms with van der Waals surface area (Å²) in [6.07, 6.45) is 0. The van der Waals surface area contributed by atoms with Crippen LogP contribution in [0.3, 0.4) is 0 Å². The number of carboxylic acid groups (broad SMARTS) is 3. The summed E-state index contributed by atoms with van der Waals surface area (Å²) in [5.41, 5.74) is 0.875. The summed E-state index contributed by atoms with van der Waals surface area (Å²) < 4.78 is 0. The maximum absolute atomic E-state index is 10.8. The SMILES string of the molecule is O=C([O-])CN(CCN(CC(=O)[O-])Cc1ccccc1)CC(=O)[O-].[Na+].[Na+].[Na+]. The smallest absolute Gasteiger partial charge is 0.549 e. The van der Waals surface area contributed by atoms with Crippen molar-refractivity contribution in [2.24, 2.45) is 0 Å². The normalized spacial score (nSPS) is 9.62. The Kier molecular flexibility index (Phi) is 21.2. The van der Waals surface area contributed by atoms with Gasteiger partial charge < -0.3 is 29.7 Å². The number of hydrogen-bond donors (Lipinski definition) is 0. The third-order valence-corrected chi connectivity index (χ3v) is 3.04. The molecule has 0 radical (unpaired) electrons. The summed E-state index contributed by atoms with van der Waals surface area (Å²) in [4.78, 5) is 34.7. The Bertz CT molecular complexity index is 531. The molecule has 0 aromatic heterocycles. The predicted molar refractivity (Wildman–Crippen MR) is 73.2 cm³/mol. The topological polar surface area (TPSA) is 127 Å². The Morgan fingerprint density at radius 3 is 1.50 bits per heavy atom. The summed E-state index contributed by atoms with van der Waals surface area (Å²) in [6, 6.07) is 9.09. The fourth-order valence-corrected chi connectivity index (χ4v) is 2.10. The van der Waals surface area contributed by atoms with E-state index in [2.05, 4.69) is 0 Å². The molecule has 0 N–H and O–H groups in total. The molecule has 26 heavy (non-hydrogen) atoms. The second kappa shape index (κ2) is 17.6. The molecule has 0 aliphatic heterocycles. The maximum Gasteiger partial charge on any atom is 1.00 e. The first-order valence-corrected chi connectivity index (χ1v) is 6.95. The molecule has 0 fully saturated rings. The summed E-state index contributed by atoms with van der Waals surface area (Å²) in [7, 11) is 0. The molecule has 0 heterocycles. The van der Waals surface area contributed by atoms with Crippen molar-refractivity contribution in [2.75, 3.05) is 32.7 Å². The van der Waals surface area contributed by atoms with Gasteiger partial charge >= 0.3 is 88.7 Å². The van der Waals surface area contributed by atoms with Gasteiger partial charge in [-0.2, -0.15) is 0 Å². The van der Waals surface area contributed by atoms with Crippen molar-refractivity contribution >= 4 is 17.9 Å². The largest absolute Gasteiger partial charge is 1.00 e. The number of nitrogens with zero attached hydrogens (tertiary/aromatic N) is 2. The molecular formula is C15H17N2Na3O6. The van der Waals surface area contributed by atoms with Crippen LogP contribution in [0.2, 0.25) is 0 Å². The van der Waals surface area contributed by atoms with Crippen molar-refractivity contribution in [1.82, 2.24) is 9.80 Å². The summed E-state index contributed by atoms with van der Waals surface area (Å²) in [5.74, 6) is -4.10. The Morgan fingerprint density at radius 2 is 1.08 bits per heavy atom. The van der Waals surface area contributed by atoms with Crippen LogP contribution in [0.1, 0.15) is 5.56 Å². The Balaban J connectivity index is -0.00000176. The average Bonchev–Trinajstić information content (AvgIpc) is 2.44. The van der Waals surface area contributed by atoms with Crippen molar-refractivity contribution in [2.45, 2.75) is 6.54 Å². The Labute approximate surface area is 218 Å². The fraction of sp³-hybridized carbons (Fsp3) is 0.400. The number of carbonyl (C=O) groups excluding carboxylic acids is 3. The van der Waals surface area contributed by atoms with Crippen LogP contribution in [0.15, 0.2) is 30.3 Å². The van der Waals surface area contributed by atoms with Crippen LogP contribution >= 0.6 is 0 Å². The number of carboxylic acids is 3. The number of rotatable bonds is 11. The first-order valence-electron chi connectivity index (χ1n) is 6.95. The van der Waals surface area contributed by atoms with Gasteiger partial charge in [0.15, 0.2) is 0 Å². The van der Waals surface area contributed by atoms with Gasteiger partial charge in [0.05, 0.1) is 17.9 Å². The van der Waals surface area contributed by atoms with Crippen molar-refractivity contribution in [3.05, 3.63) is 35.9 Å². The van der Waals surface area contributed by atoms with Gasteiger partial charge in [0.2, 0.25) is 0 Å². The van der Waals surface area contributed by atoms with Gasteiger partial charge in [-0.3, -0.25) is 9.80 Å². The first kappa shape index (κ1) is 31.3. The van der Waals surface area contributed by atoms with Crippen LogP contribution < -0.4 is 104 Å². The molecule has 0 bridgehead atoms. The maximum atomic E-state index is 10.8. The molecule has 126 valence electrons. The van der Waals surface area contributed by atoms with E-state index < -0.39 is 31.0 Å². The predicted octanol–water partition coefficient (Wildman–Crippen LogP) is -12.9. The third kappa shape index (κ3) is 15.6. The van der Waals surface area contributed by atoms with Crippen LogP contribution in [-0.2, 0) is 20.9 Å². The van der Waals surface area contributed by atoms with Crippen LogP contribution in [0.4, 0.5) is 0 Å². The molecule has 0 saturated carbocycles. The monoisotopic (exact) mass is 390 g/mol. The van der Waals surface area contributed by atoms with Gasteiger partial charge in [-0.15, -0.1) is 0 Å². The standard InChI is InChI=1S/C15H20N2O6.3Na/c18-13(19)9-16(8-12-4-2-1-3-5-12)6-7-17(10-14(20)21)11-15(22)23;;;/h1-5H,6-11H2,(H,18,19)(H,20,21)(H,22,23);;;/q;3*+1/p-3. The van der Waals surface area contributed by atoms with E-state index in [4.69, 9.17) is 0 Å². The van der Waals surface area contributed by atoms with Crippen molar-refractivity contribution in [1.29, 1.82) is 0 Å². The first-order chi connectivity index (χ1) is 10.9. The Hall–Kier alpha value is 0.550. The van der Waals surface area contributed by atoms with Gasteiger partial charge in [0, 0.05) is 39.3 Å². The van der Waals surface area contributed by atoms with Crippen molar-refractivity contribution in [3.63, 3.8) is 0 Å². The molecule has 0 aliphatic carbocycles. The van der Waals surface area contributed by atoms with Crippen molar-refractivity contribution < 1.29 is 118 Å². The van der Waals surface area contributed by atoms with E-state index in [1.54, 1.807) is 0 Å². The number of hydrogen-bond acceptors (Lipinski definition) is 8. The zero-order chi connectivity index (χ0) is 17.2. The van der Waals surface area contributed by atoms with Gasteiger partial charge in [0.25, 0.3) is 0 Å². The van der Waals surface area contributed by atoms with Gasteiger partial charge in [0.1, 0.15) is 0 Å². The molecular weight excluding hydrogens is 373 g/mol. The van der Waals surface area contributed by atoms with Crippen LogP contribution in [-0.4, -0.2) is 60.4 Å². The van der Waals surface area contributed by atoms with Gasteiger partial charge in [-0.05, 0) is 5.56 Å². The minimum Gasteiger partial charge on any atom is -0.549 e. The molecule has 0 aliphatic rings. The molecule has 1 aromatic rings. The summed E-state index contributed by atoms with van der Waals surface area (Å²) in [5, 5.41) is 32.1. The van der Waals surface area contributed by atoms with Crippen LogP contribution in [0.5, 0.6) is 0 Å². The molecule has 8 nitrogen and oxygen atoms in total. The fourth-order valence-electron chi connectivity index (χ4n) is 2.10. The second-order valence-electron chi connectivity index (χ2n) is 5.02. The third-order valence-electron chi connectivity index (χ3n) is 3.04. The molecule has 11 heteroatoms. The van der Waals surface area contributed by atoms with E-state index >= 15 is 0 Å². The minimum atomic E-state index is -1.42. The average molecular weight is 390 g/mol. The minimum absolute atomic E-state index is 0. The number of benzene rings is 1. The van der Waals surface area contributed by atoms with Crippen LogP contribution in [0, 0.1) is 0 Å². The van der Waals surface area contributed by atoms with Crippen molar-refractivity contribution in [3.8, 4) is 0 Å². The molecule has 0 spiro atoms. The molecule has 1 aromatic carbocycles. The molecule has 0 saturated heterocycles. The second-order valence-corrected chi connectivity index (χ2v) is 5.02. The molecule has 1 rings (SSSR count). The zero-order valence-corrected chi connectivity index (χ0v) is 21.5. The van der Waals surface area contributed by atoms with Crippen LogP contribution in [0.25, 0.3) is 0 Å². The molecule has 0 amide bonds. The zero-order valence-electron chi connectivity index (χ0n) is 15.5. The number of carbonyl (C=O) groups is 3. The van der Waals surface area contributed by atoms with E-state index in [1.807, 2.05) is 30.3 Å². The van der Waals surface area contributed by atoms with E-state index in [-0.39, 0.29) is 108 Å². The number of aliphatic carboxylic acids is 3. The molecule has 0 unspecified atom stereocenters. The van der Waals surface area contributed by atoms with E-state index in [0.29, 0.717) is 6.54 Å². The van der Waals surface area contributed by atoms with E-state index in [0.717, 1.165) is 10.5 Å². The molecule has 0 atom stereocenters. The van der Waals surface area contributed by atoms with Gasteiger partial charge in [-0.25, -0.2) is 0 Å². The summed E-state index contributed by atoms with van der Waals surface area (Å²) >= 11 is 0. The van der Waals surface area contributed by atoms with Gasteiger partial charge in [-0.1, -0.05) is 30.3 Å².